The van der Waals surface area contributed by atoms with Crippen LogP contribution >= 0.6 is 11.6 Å². The Morgan fingerprint density at radius 1 is 1.35 bits per heavy atom. The van der Waals surface area contributed by atoms with Crippen LogP contribution in [0.1, 0.15) is 37.2 Å². The van der Waals surface area contributed by atoms with Crippen LogP contribution in [0.15, 0.2) is 30.3 Å². The first-order valence-corrected chi connectivity index (χ1v) is 6.70. The van der Waals surface area contributed by atoms with Crippen molar-refractivity contribution in [2.75, 3.05) is 0 Å². The molecule has 0 amide bonds. The molecule has 1 N–H and O–H groups in total. The summed E-state index contributed by atoms with van der Waals surface area (Å²) in [6, 6.07) is 9.36. The number of halogens is 1. The molecule has 5 nitrogen and oxygen atoms in total. The molecule has 1 aromatic carbocycles. The standard InChI is InChI=1S/C10H10ClN3O.C4H8O/c1-7-9(13-14-12-7)10(11)15-8-5-3-2-4-6-8;1-3-4(2)5/h2-6,10H,1H3,(H,12,13,14);3H2,1-2H3. The van der Waals surface area contributed by atoms with E-state index in [2.05, 4.69) is 15.4 Å². The van der Waals surface area contributed by atoms with Crippen molar-refractivity contribution >= 4 is 17.4 Å². The number of carbonyl (C=O) groups excluding carboxylic acids is 1. The average molecular weight is 296 g/mol. The number of aromatic nitrogens is 3. The second kappa shape index (κ2) is 8.32. The number of alkyl halides is 1. The fourth-order valence-electron chi connectivity index (χ4n) is 1.18. The van der Waals surface area contributed by atoms with Crippen molar-refractivity contribution in [1.29, 1.82) is 0 Å². The van der Waals surface area contributed by atoms with Crippen LogP contribution in [-0.2, 0) is 4.79 Å². The number of ketones is 1. The predicted octanol–water partition coefficient (Wildman–Crippen LogP) is 3.41. The van der Waals surface area contributed by atoms with Gasteiger partial charge in [0.2, 0.25) is 5.56 Å². The first-order valence-electron chi connectivity index (χ1n) is 6.27. The Bertz CT molecular complexity index is 528. The van der Waals surface area contributed by atoms with E-state index in [4.69, 9.17) is 16.3 Å². The van der Waals surface area contributed by atoms with Gasteiger partial charge in [0.15, 0.2) is 0 Å². The number of hydrogen-bond acceptors (Lipinski definition) is 4. The number of aromatic amines is 1. The Kier molecular flexibility index (Phi) is 6.73. The molecule has 1 unspecified atom stereocenters. The smallest absolute Gasteiger partial charge is 0.218 e. The quantitative estimate of drug-likeness (QED) is 0.878. The minimum Gasteiger partial charge on any atom is -0.468 e. The van der Waals surface area contributed by atoms with Gasteiger partial charge in [-0.15, -0.1) is 0 Å². The van der Waals surface area contributed by atoms with E-state index in [9.17, 15) is 4.79 Å². The summed E-state index contributed by atoms with van der Waals surface area (Å²) < 4.78 is 5.48. The lowest BCUT2D eigenvalue weighted by molar-refractivity contribution is -0.116. The predicted molar refractivity (Wildman–Crippen MR) is 77.8 cm³/mol. The van der Waals surface area contributed by atoms with E-state index in [1.807, 2.05) is 44.2 Å². The van der Waals surface area contributed by atoms with Crippen LogP contribution < -0.4 is 4.74 Å². The van der Waals surface area contributed by atoms with Gasteiger partial charge in [-0.1, -0.05) is 36.7 Å². The van der Waals surface area contributed by atoms with E-state index in [0.29, 0.717) is 17.9 Å². The molecule has 0 saturated heterocycles. The fraction of sp³-hybridized carbons (Fsp3) is 0.357. The SMILES string of the molecule is CCC(C)=O.Cc1n[nH]nc1C(Cl)Oc1ccccc1. The number of para-hydroxylation sites is 1. The molecule has 1 heterocycles. The molecule has 1 atom stereocenters. The number of benzene rings is 1. The van der Waals surface area contributed by atoms with Gasteiger partial charge >= 0.3 is 0 Å². The fourth-order valence-corrected chi connectivity index (χ4v) is 1.49. The summed E-state index contributed by atoms with van der Waals surface area (Å²) >= 11 is 6.04. The molecule has 0 aliphatic carbocycles. The molecule has 0 saturated carbocycles. The van der Waals surface area contributed by atoms with Crippen molar-refractivity contribution in [3.05, 3.63) is 41.7 Å². The largest absolute Gasteiger partial charge is 0.468 e. The van der Waals surface area contributed by atoms with E-state index in [0.717, 1.165) is 5.69 Å². The van der Waals surface area contributed by atoms with Crippen molar-refractivity contribution in [2.45, 2.75) is 32.8 Å². The Hall–Kier alpha value is -1.88. The van der Waals surface area contributed by atoms with Gasteiger partial charge in [0.25, 0.3) is 0 Å². The third-order valence-electron chi connectivity index (χ3n) is 2.45. The van der Waals surface area contributed by atoms with Gasteiger partial charge in [0.1, 0.15) is 17.2 Å². The summed E-state index contributed by atoms with van der Waals surface area (Å²) in [6.07, 6.45) is 0.667. The highest BCUT2D eigenvalue weighted by Gasteiger charge is 2.15. The van der Waals surface area contributed by atoms with E-state index < -0.39 is 5.56 Å². The van der Waals surface area contributed by atoms with Crippen LogP contribution in [0.4, 0.5) is 0 Å². The Balaban J connectivity index is 0.000000347. The Labute approximate surface area is 123 Å². The molecule has 0 aliphatic heterocycles. The minimum atomic E-state index is -0.619. The topological polar surface area (TPSA) is 67.9 Å². The van der Waals surface area contributed by atoms with Crippen molar-refractivity contribution < 1.29 is 9.53 Å². The maximum atomic E-state index is 9.81. The number of ether oxygens (including phenoxy) is 1. The summed E-state index contributed by atoms with van der Waals surface area (Å²) in [5.41, 5.74) is 0.734. The number of rotatable bonds is 4. The lowest BCUT2D eigenvalue weighted by atomic mass is 10.3. The summed E-state index contributed by atoms with van der Waals surface area (Å²) in [5.74, 6) is 0.963. The number of nitrogens with one attached hydrogen (secondary N) is 1. The van der Waals surface area contributed by atoms with Crippen LogP contribution in [0, 0.1) is 6.92 Å². The highest BCUT2D eigenvalue weighted by atomic mass is 35.5. The minimum absolute atomic E-state index is 0.255. The number of H-pyrrole nitrogens is 1. The van der Waals surface area contributed by atoms with Crippen LogP contribution in [-0.4, -0.2) is 21.2 Å². The summed E-state index contributed by atoms with van der Waals surface area (Å²) in [7, 11) is 0. The zero-order valence-electron chi connectivity index (χ0n) is 11.8. The molecule has 2 rings (SSSR count). The maximum Gasteiger partial charge on any atom is 0.218 e. The van der Waals surface area contributed by atoms with Crippen LogP contribution in [0.3, 0.4) is 0 Å². The number of nitrogens with zero attached hydrogens (tertiary/aromatic N) is 2. The molecular weight excluding hydrogens is 278 g/mol. The van der Waals surface area contributed by atoms with Gasteiger partial charge in [-0.25, -0.2) is 0 Å². The molecule has 6 heteroatoms. The molecule has 20 heavy (non-hydrogen) atoms. The highest BCUT2D eigenvalue weighted by molar-refractivity contribution is 6.19. The molecule has 0 radical (unpaired) electrons. The van der Waals surface area contributed by atoms with Crippen molar-refractivity contribution in [2.24, 2.45) is 0 Å². The van der Waals surface area contributed by atoms with Crippen LogP contribution in [0.2, 0.25) is 0 Å². The second-order valence-corrected chi connectivity index (χ2v) is 4.49. The second-order valence-electron chi connectivity index (χ2n) is 4.10. The number of hydrogen-bond donors (Lipinski definition) is 1. The molecule has 108 valence electrons. The highest BCUT2D eigenvalue weighted by Crippen LogP contribution is 2.24. The van der Waals surface area contributed by atoms with Crippen molar-refractivity contribution in [1.82, 2.24) is 15.4 Å². The summed E-state index contributed by atoms with van der Waals surface area (Å²) in [5, 5.41) is 10.3. The number of carbonyl (C=O) groups is 1. The summed E-state index contributed by atoms with van der Waals surface area (Å²) in [6.45, 7) is 5.25. The summed E-state index contributed by atoms with van der Waals surface area (Å²) in [4.78, 5) is 9.81. The lowest BCUT2D eigenvalue weighted by Crippen LogP contribution is -2.02. The molecule has 2 aromatic rings. The zero-order valence-corrected chi connectivity index (χ0v) is 12.5. The van der Waals surface area contributed by atoms with E-state index in [1.54, 1.807) is 6.92 Å². The van der Waals surface area contributed by atoms with Crippen LogP contribution in [0.5, 0.6) is 5.75 Å². The molecule has 1 aromatic heterocycles. The Morgan fingerprint density at radius 2 is 1.95 bits per heavy atom. The van der Waals surface area contributed by atoms with E-state index in [1.165, 1.54) is 0 Å². The van der Waals surface area contributed by atoms with E-state index >= 15 is 0 Å². The van der Waals surface area contributed by atoms with Crippen molar-refractivity contribution in [3.8, 4) is 5.75 Å². The third-order valence-corrected chi connectivity index (χ3v) is 2.75. The molecular formula is C14H18ClN3O2. The van der Waals surface area contributed by atoms with Gasteiger partial charge in [-0.05, 0) is 26.0 Å². The van der Waals surface area contributed by atoms with Gasteiger partial charge in [-0.2, -0.15) is 15.4 Å². The lowest BCUT2D eigenvalue weighted by Gasteiger charge is -2.10. The first-order chi connectivity index (χ1) is 9.54. The zero-order chi connectivity index (χ0) is 15.0. The monoisotopic (exact) mass is 295 g/mol. The first kappa shape index (κ1) is 16.2. The normalized spacial score (nSPS) is 11.2. The molecule has 0 fully saturated rings. The molecule has 0 bridgehead atoms. The molecule has 0 spiro atoms. The third kappa shape index (κ3) is 5.40. The Morgan fingerprint density at radius 3 is 2.40 bits per heavy atom. The van der Waals surface area contributed by atoms with Gasteiger partial charge < -0.3 is 9.53 Å². The number of Topliss-reactive ketones (excluding diaryl/α,β-unsaturated/α-hetero) is 1. The van der Waals surface area contributed by atoms with Gasteiger partial charge in [-0.3, -0.25) is 0 Å². The average Bonchev–Trinajstić information content (AvgIpc) is 2.87. The van der Waals surface area contributed by atoms with Crippen LogP contribution in [0.25, 0.3) is 0 Å². The van der Waals surface area contributed by atoms with Gasteiger partial charge in [0.05, 0.1) is 5.69 Å². The molecule has 0 aliphatic rings. The van der Waals surface area contributed by atoms with Crippen molar-refractivity contribution in [3.63, 3.8) is 0 Å². The van der Waals surface area contributed by atoms with Gasteiger partial charge in [0, 0.05) is 6.42 Å². The van der Waals surface area contributed by atoms with E-state index in [-0.39, 0.29) is 5.78 Å². The maximum absolute atomic E-state index is 9.81. The number of aryl methyl sites for hydroxylation is 1.